The third kappa shape index (κ3) is 4.98. The van der Waals surface area contributed by atoms with Gasteiger partial charge in [-0.1, -0.05) is 0 Å². The highest BCUT2D eigenvalue weighted by Gasteiger charge is 2.10. The number of nitrogens with one attached hydrogen (secondary N) is 1. The summed E-state index contributed by atoms with van der Waals surface area (Å²) in [5, 5.41) is 3.33. The van der Waals surface area contributed by atoms with E-state index in [1.54, 1.807) is 6.26 Å². The van der Waals surface area contributed by atoms with Crippen LogP contribution in [-0.2, 0) is 11.2 Å². The maximum absolute atomic E-state index is 10.7. The summed E-state index contributed by atoms with van der Waals surface area (Å²) in [6, 6.07) is 4.34. The predicted molar refractivity (Wildman–Crippen MR) is 62.9 cm³/mol. The predicted octanol–water partition coefficient (Wildman–Crippen LogP) is 1.45. The van der Waals surface area contributed by atoms with Crippen LogP contribution in [0, 0.1) is 0 Å². The van der Waals surface area contributed by atoms with E-state index in [2.05, 4.69) is 12.2 Å². The molecule has 3 N–H and O–H groups in total. The van der Waals surface area contributed by atoms with Gasteiger partial charge in [0.25, 0.3) is 0 Å². The molecule has 0 saturated carbocycles. The van der Waals surface area contributed by atoms with Crippen LogP contribution in [0.2, 0.25) is 0 Å². The Balaban J connectivity index is 2.20. The zero-order valence-electron chi connectivity index (χ0n) is 9.90. The number of carbonyl (C=O) groups excluding carboxylic acids is 1. The summed E-state index contributed by atoms with van der Waals surface area (Å²) >= 11 is 0. The summed E-state index contributed by atoms with van der Waals surface area (Å²) in [6.45, 7) is 4.06. The molecule has 1 aromatic rings. The van der Waals surface area contributed by atoms with Crippen molar-refractivity contribution in [2.24, 2.45) is 5.73 Å². The molecular formula is C12H20N2O2. The second kappa shape index (κ2) is 6.33. The Morgan fingerprint density at radius 3 is 2.81 bits per heavy atom. The van der Waals surface area contributed by atoms with Crippen LogP contribution in [-0.4, -0.2) is 18.0 Å². The first-order valence-corrected chi connectivity index (χ1v) is 5.64. The van der Waals surface area contributed by atoms with Crippen LogP contribution in [0.5, 0.6) is 0 Å². The highest BCUT2D eigenvalue weighted by Crippen LogP contribution is 2.06. The fourth-order valence-corrected chi connectivity index (χ4v) is 1.74. The molecule has 16 heavy (non-hydrogen) atoms. The molecule has 0 aliphatic carbocycles. The molecule has 1 rings (SSSR count). The molecule has 4 heteroatoms. The molecule has 2 unspecified atom stereocenters. The molecule has 0 aliphatic heterocycles. The fraction of sp³-hybridized carbons (Fsp3) is 0.583. The number of carbonyl (C=O) groups is 1. The minimum absolute atomic E-state index is 0.129. The Morgan fingerprint density at radius 1 is 1.50 bits per heavy atom. The second-order valence-corrected chi connectivity index (χ2v) is 4.26. The summed E-state index contributed by atoms with van der Waals surface area (Å²) in [5.74, 6) is 0.731. The third-order valence-electron chi connectivity index (χ3n) is 2.48. The molecule has 0 radical (unpaired) electrons. The number of furan rings is 1. The van der Waals surface area contributed by atoms with Crippen molar-refractivity contribution in [2.75, 3.05) is 0 Å². The normalized spacial score (nSPS) is 14.6. The first kappa shape index (κ1) is 12.8. The molecule has 2 atom stereocenters. The Kier molecular flexibility index (Phi) is 5.05. The average Bonchev–Trinajstić information content (AvgIpc) is 2.65. The number of hydrogen-bond donors (Lipinski definition) is 2. The summed E-state index contributed by atoms with van der Waals surface area (Å²) < 4.78 is 5.25. The highest BCUT2D eigenvalue weighted by atomic mass is 16.3. The minimum Gasteiger partial charge on any atom is -0.469 e. The Bertz CT molecular complexity index is 309. The van der Waals surface area contributed by atoms with Crippen molar-refractivity contribution in [3.63, 3.8) is 0 Å². The van der Waals surface area contributed by atoms with Crippen molar-refractivity contribution >= 4 is 5.91 Å². The van der Waals surface area contributed by atoms with Gasteiger partial charge in [-0.15, -0.1) is 0 Å². The second-order valence-electron chi connectivity index (χ2n) is 4.26. The van der Waals surface area contributed by atoms with Crippen LogP contribution in [0.4, 0.5) is 0 Å². The van der Waals surface area contributed by atoms with Gasteiger partial charge in [-0.05, 0) is 32.4 Å². The van der Waals surface area contributed by atoms with Gasteiger partial charge < -0.3 is 15.5 Å². The molecule has 0 bridgehead atoms. The van der Waals surface area contributed by atoms with Crippen molar-refractivity contribution < 1.29 is 9.21 Å². The van der Waals surface area contributed by atoms with Crippen LogP contribution in [0.3, 0.4) is 0 Å². The SMILES string of the molecule is CC(CCc1ccco1)NC(C)CC(N)=O. The van der Waals surface area contributed by atoms with Crippen molar-refractivity contribution in [2.45, 2.75) is 45.2 Å². The van der Waals surface area contributed by atoms with E-state index < -0.39 is 0 Å². The van der Waals surface area contributed by atoms with E-state index >= 15 is 0 Å². The first-order valence-electron chi connectivity index (χ1n) is 5.64. The largest absolute Gasteiger partial charge is 0.469 e. The van der Waals surface area contributed by atoms with E-state index in [1.165, 1.54) is 0 Å². The van der Waals surface area contributed by atoms with Crippen LogP contribution in [0.1, 0.15) is 32.4 Å². The lowest BCUT2D eigenvalue weighted by atomic mass is 10.1. The quantitative estimate of drug-likeness (QED) is 0.736. The summed E-state index contributed by atoms with van der Waals surface area (Å²) in [4.78, 5) is 10.7. The lowest BCUT2D eigenvalue weighted by Gasteiger charge is -2.18. The molecule has 0 aromatic carbocycles. The maximum Gasteiger partial charge on any atom is 0.218 e. The van der Waals surface area contributed by atoms with E-state index in [-0.39, 0.29) is 11.9 Å². The standard InChI is InChI=1S/C12H20N2O2/c1-9(14-10(2)8-12(13)15)5-6-11-4-3-7-16-11/h3-4,7,9-10,14H,5-6,8H2,1-2H3,(H2,13,15). The van der Waals surface area contributed by atoms with Crippen molar-refractivity contribution in [1.29, 1.82) is 0 Å². The Labute approximate surface area is 96.2 Å². The summed E-state index contributed by atoms with van der Waals surface area (Å²) in [5.41, 5.74) is 5.13. The fourth-order valence-electron chi connectivity index (χ4n) is 1.74. The Morgan fingerprint density at radius 2 is 2.25 bits per heavy atom. The van der Waals surface area contributed by atoms with Gasteiger partial charge >= 0.3 is 0 Å². The summed E-state index contributed by atoms with van der Waals surface area (Å²) in [7, 11) is 0. The van der Waals surface area contributed by atoms with Crippen LogP contribution in [0.15, 0.2) is 22.8 Å². The van der Waals surface area contributed by atoms with E-state index in [4.69, 9.17) is 10.2 Å². The van der Waals surface area contributed by atoms with E-state index in [0.717, 1.165) is 18.6 Å². The number of hydrogen-bond acceptors (Lipinski definition) is 3. The van der Waals surface area contributed by atoms with E-state index in [9.17, 15) is 4.79 Å². The zero-order chi connectivity index (χ0) is 12.0. The smallest absolute Gasteiger partial charge is 0.218 e. The molecule has 0 aliphatic rings. The van der Waals surface area contributed by atoms with Crippen LogP contribution >= 0.6 is 0 Å². The molecule has 1 amide bonds. The minimum atomic E-state index is -0.266. The molecule has 1 heterocycles. The average molecular weight is 224 g/mol. The van der Waals surface area contributed by atoms with E-state index in [0.29, 0.717) is 12.5 Å². The van der Waals surface area contributed by atoms with Crippen molar-refractivity contribution in [1.82, 2.24) is 5.32 Å². The molecule has 1 aromatic heterocycles. The number of primary amides is 1. The van der Waals surface area contributed by atoms with Crippen molar-refractivity contribution in [3.8, 4) is 0 Å². The third-order valence-corrected chi connectivity index (χ3v) is 2.48. The van der Waals surface area contributed by atoms with Gasteiger partial charge in [-0.25, -0.2) is 0 Å². The van der Waals surface area contributed by atoms with Crippen LogP contribution < -0.4 is 11.1 Å². The monoisotopic (exact) mass is 224 g/mol. The van der Waals surface area contributed by atoms with Gasteiger partial charge in [0.1, 0.15) is 5.76 Å². The lowest BCUT2D eigenvalue weighted by Crippen LogP contribution is -2.37. The number of amides is 1. The van der Waals surface area contributed by atoms with Gasteiger partial charge in [0.15, 0.2) is 0 Å². The Hall–Kier alpha value is -1.29. The summed E-state index contributed by atoms with van der Waals surface area (Å²) in [6.07, 6.45) is 3.95. The highest BCUT2D eigenvalue weighted by molar-refractivity contribution is 5.74. The maximum atomic E-state index is 10.7. The number of aryl methyl sites for hydroxylation is 1. The molecule has 90 valence electrons. The lowest BCUT2D eigenvalue weighted by molar-refractivity contribution is -0.118. The van der Waals surface area contributed by atoms with Gasteiger partial charge in [0.2, 0.25) is 5.91 Å². The van der Waals surface area contributed by atoms with Crippen LogP contribution in [0.25, 0.3) is 0 Å². The first-order chi connectivity index (χ1) is 7.58. The zero-order valence-corrected chi connectivity index (χ0v) is 9.90. The van der Waals surface area contributed by atoms with Gasteiger partial charge in [-0.3, -0.25) is 4.79 Å². The molecule has 0 spiro atoms. The van der Waals surface area contributed by atoms with Crippen molar-refractivity contribution in [3.05, 3.63) is 24.2 Å². The van der Waals surface area contributed by atoms with Gasteiger partial charge in [0, 0.05) is 24.9 Å². The molecule has 4 nitrogen and oxygen atoms in total. The number of nitrogens with two attached hydrogens (primary N) is 1. The van der Waals surface area contributed by atoms with Gasteiger partial charge in [0.05, 0.1) is 6.26 Å². The molecule has 0 saturated heterocycles. The molecular weight excluding hydrogens is 204 g/mol. The topological polar surface area (TPSA) is 68.3 Å². The number of rotatable bonds is 7. The molecule has 0 fully saturated rings. The van der Waals surface area contributed by atoms with E-state index in [1.807, 2.05) is 19.1 Å². The van der Waals surface area contributed by atoms with Gasteiger partial charge in [-0.2, -0.15) is 0 Å².